The summed E-state index contributed by atoms with van der Waals surface area (Å²) in [4.78, 5) is 23.7. The minimum atomic E-state index is -0.449. The molecule has 0 unspecified atom stereocenters. The van der Waals surface area contributed by atoms with Crippen LogP contribution in [-0.4, -0.2) is 16.8 Å². The lowest BCUT2D eigenvalue weighted by molar-refractivity contribution is 0.0706. The van der Waals surface area contributed by atoms with Crippen molar-refractivity contribution >= 4 is 11.7 Å². The quantitative estimate of drug-likeness (QED) is 0.944. The highest BCUT2D eigenvalue weighted by Gasteiger charge is 2.45. The van der Waals surface area contributed by atoms with E-state index in [0.717, 1.165) is 30.5 Å². The molecule has 1 heterocycles. The summed E-state index contributed by atoms with van der Waals surface area (Å²) in [7, 11) is 0. The predicted octanol–water partition coefficient (Wildman–Crippen LogP) is 2.66. The molecule has 1 saturated carbocycles. The number of hydrogen-bond donors (Lipinski definition) is 1. The number of hydrogen-bond acceptors (Lipinski definition) is 4. The number of amides is 1. The number of primary amides is 1. The van der Waals surface area contributed by atoms with Crippen molar-refractivity contribution < 1.29 is 14.1 Å². The van der Waals surface area contributed by atoms with Crippen LogP contribution >= 0.6 is 0 Å². The maximum absolute atomic E-state index is 12.5. The molecule has 0 bridgehead atoms. The Hall–Kier alpha value is -2.43. The molecule has 2 N–H and O–H groups in total. The fraction of sp³-hybridized carbons (Fsp3) is 0.389. The van der Waals surface area contributed by atoms with E-state index < -0.39 is 5.91 Å². The van der Waals surface area contributed by atoms with Crippen molar-refractivity contribution in [1.29, 1.82) is 0 Å². The van der Waals surface area contributed by atoms with E-state index in [2.05, 4.69) is 5.16 Å². The highest BCUT2D eigenvalue weighted by Crippen LogP contribution is 2.50. The average Bonchev–Trinajstić information content (AvgIpc) is 2.89. The minimum absolute atomic E-state index is 0.154. The Morgan fingerprint density at radius 1 is 1.22 bits per heavy atom. The first-order valence-corrected chi connectivity index (χ1v) is 7.96. The summed E-state index contributed by atoms with van der Waals surface area (Å²) in [5.41, 5.74) is 8.33. The SMILES string of the molecule is NC(=O)c1ccc(Cc2onc3c2C(=O)CC2(CCC2)C3)cc1. The molecule has 2 aromatic rings. The smallest absolute Gasteiger partial charge is 0.248 e. The van der Waals surface area contributed by atoms with Crippen molar-refractivity contribution in [3.8, 4) is 0 Å². The predicted molar refractivity (Wildman–Crippen MR) is 83.2 cm³/mol. The monoisotopic (exact) mass is 310 g/mol. The first-order chi connectivity index (χ1) is 11.1. The number of benzene rings is 1. The average molecular weight is 310 g/mol. The van der Waals surface area contributed by atoms with Crippen molar-refractivity contribution in [2.75, 3.05) is 0 Å². The molecule has 0 radical (unpaired) electrons. The number of aromatic nitrogens is 1. The maximum Gasteiger partial charge on any atom is 0.248 e. The number of fused-ring (bicyclic) bond motifs is 1. The summed E-state index contributed by atoms with van der Waals surface area (Å²) in [6, 6.07) is 7.03. The van der Waals surface area contributed by atoms with E-state index in [1.807, 2.05) is 12.1 Å². The zero-order valence-corrected chi connectivity index (χ0v) is 12.8. The number of rotatable bonds is 3. The molecule has 0 saturated heterocycles. The van der Waals surface area contributed by atoms with Gasteiger partial charge < -0.3 is 10.3 Å². The third kappa shape index (κ3) is 2.36. The minimum Gasteiger partial charge on any atom is -0.366 e. The summed E-state index contributed by atoms with van der Waals surface area (Å²) in [5, 5.41) is 4.16. The summed E-state index contributed by atoms with van der Waals surface area (Å²) >= 11 is 0. The van der Waals surface area contributed by atoms with E-state index in [0.29, 0.717) is 29.7 Å². The first-order valence-electron chi connectivity index (χ1n) is 7.96. The van der Waals surface area contributed by atoms with Gasteiger partial charge in [-0.3, -0.25) is 9.59 Å². The molecule has 4 rings (SSSR count). The largest absolute Gasteiger partial charge is 0.366 e. The van der Waals surface area contributed by atoms with Crippen LogP contribution in [0.3, 0.4) is 0 Å². The van der Waals surface area contributed by atoms with E-state index in [9.17, 15) is 9.59 Å². The van der Waals surface area contributed by atoms with Gasteiger partial charge in [-0.2, -0.15) is 0 Å². The molecule has 1 aromatic heterocycles. The van der Waals surface area contributed by atoms with Gasteiger partial charge in [-0.15, -0.1) is 0 Å². The number of nitrogens with two attached hydrogens (primary N) is 1. The normalized spacial score (nSPS) is 18.5. The van der Waals surface area contributed by atoms with E-state index in [-0.39, 0.29) is 11.2 Å². The van der Waals surface area contributed by atoms with Crippen LogP contribution in [0, 0.1) is 5.41 Å². The van der Waals surface area contributed by atoms with Crippen molar-refractivity contribution in [2.45, 2.75) is 38.5 Å². The zero-order chi connectivity index (χ0) is 16.0. The Bertz CT molecular complexity index is 785. The third-order valence-corrected chi connectivity index (χ3v) is 5.21. The molecule has 23 heavy (non-hydrogen) atoms. The standard InChI is InChI=1S/C18H18N2O3/c19-17(22)12-4-2-11(3-5-12)8-15-16-13(20-23-15)9-18(6-1-7-18)10-14(16)21/h2-5H,1,6-10H2,(H2,19,22). The van der Waals surface area contributed by atoms with Crippen LogP contribution in [0.4, 0.5) is 0 Å². The van der Waals surface area contributed by atoms with E-state index in [1.54, 1.807) is 12.1 Å². The van der Waals surface area contributed by atoms with Gasteiger partial charge in [-0.05, 0) is 42.4 Å². The maximum atomic E-state index is 12.5. The number of carbonyl (C=O) groups is 2. The zero-order valence-electron chi connectivity index (χ0n) is 12.8. The second-order valence-corrected chi connectivity index (χ2v) is 6.80. The van der Waals surface area contributed by atoms with Gasteiger partial charge in [0.05, 0.1) is 11.3 Å². The molecule has 2 aliphatic carbocycles. The molecule has 1 fully saturated rings. The van der Waals surface area contributed by atoms with Gasteiger partial charge in [-0.25, -0.2) is 0 Å². The van der Waals surface area contributed by atoms with E-state index in [4.69, 9.17) is 10.3 Å². The molecule has 1 aromatic carbocycles. The van der Waals surface area contributed by atoms with Crippen LogP contribution < -0.4 is 5.73 Å². The van der Waals surface area contributed by atoms with Gasteiger partial charge in [0.15, 0.2) is 11.5 Å². The van der Waals surface area contributed by atoms with Crippen LogP contribution in [0.25, 0.3) is 0 Å². The number of carbonyl (C=O) groups excluding carboxylic acids is 2. The molecule has 118 valence electrons. The van der Waals surface area contributed by atoms with E-state index >= 15 is 0 Å². The van der Waals surface area contributed by atoms with Crippen LogP contribution in [-0.2, 0) is 12.8 Å². The topological polar surface area (TPSA) is 86.2 Å². The van der Waals surface area contributed by atoms with Crippen molar-refractivity contribution in [3.05, 3.63) is 52.4 Å². The molecule has 1 spiro atoms. The van der Waals surface area contributed by atoms with Crippen molar-refractivity contribution in [3.63, 3.8) is 0 Å². The number of Topliss-reactive ketones (excluding diaryl/α,β-unsaturated/α-hetero) is 1. The van der Waals surface area contributed by atoms with Crippen LogP contribution in [0.2, 0.25) is 0 Å². The van der Waals surface area contributed by atoms with Crippen LogP contribution in [0.1, 0.15) is 63.4 Å². The molecular formula is C18H18N2O3. The molecule has 0 aliphatic heterocycles. The Kier molecular flexibility index (Phi) is 3.11. The molecule has 2 aliphatic rings. The highest BCUT2D eigenvalue weighted by molar-refractivity contribution is 5.99. The van der Waals surface area contributed by atoms with Crippen molar-refractivity contribution in [1.82, 2.24) is 5.16 Å². The van der Waals surface area contributed by atoms with Gasteiger partial charge in [0, 0.05) is 18.4 Å². The Morgan fingerprint density at radius 2 is 1.96 bits per heavy atom. The van der Waals surface area contributed by atoms with Crippen molar-refractivity contribution in [2.24, 2.45) is 11.1 Å². The number of ketones is 1. The molecule has 1 amide bonds. The Morgan fingerprint density at radius 3 is 2.57 bits per heavy atom. The second kappa shape index (κ2) is 5.05. The van der Waals surface area contributed by atoms with Gasteiger partial charge >= 0.3 is 0 Å². The second-order valence-electron chi connectivity index (χ2n) is 6.80. The lowest BCUT2D eigenvalue weighted by Crippen LogP contribution is -2.38. The van der Waals surface area contributed by atoms with Crippen LogP contribution in [0.15, 0.2) is 28.8 Å². The summed E-state index contributed by atoms with van der Waals surface area (Å²) in [6.45, 7) is 0. The summed E-state index contributed by atoms with van der Waals surface area (Å²) < 4.78 is 5.47. The van der Waals surface area contributed by atoms with Gasteiger partial charge in [0.25, 0.3) is 0 Å². The number of nitrogens with zero attached hydrogens (tertiary/aromatic N) is 1. The lowest BCUT2D eigenvalue weighted by atomic mass is 9.60. The lowest BCUT2D eigenvalue weighted by Gasteiger charge is -2.43. The summed E-state index contributed by atoms with van der Waals surface area (Å²) in [5.74, 6) is 0.344. The van der Waals surface area contributed by atoms with Gasteiger partial charge in [-0.1, -0.05) is 23.7 Å². The Labute approximate surface area is 133 Å². The molecule has 5 heteroatoms. The van der Waals surface area contributed by atoms with Gasteiger partial charge in [0.1, 0.15) is 0 Å². The molecule has 5 nitrogen and oxygen atoms in total. The fourth-order valence-corrected chi connectivity index (χ4v) is 3.77. The van der Waals surface area contributed by atoms with Crippen LogP contribution in [0.5, 0.6) is 0 Å². The third-order valence-electron chi connectivity index (χ3n) is 5.21. The molecular weight excluding hydrogens is 292 g/mol. The summed E-state index contributed by atoms with van der Waals surface area (Å²) in [6.07, 6.45) is 5.43. The molecule has 0 atom stereocenters. The first kappa shape index (κ1) is 14.2. The highest BCUT2D eigenvalue weighted by atomic mass is 16.5. The Balaban J connectivity index is 1.59. The van der Waals surface area contributed by atoms with Gasteiger partial charge in [0.2, 0.25) is 5.91 Å². The van der Waals surface area contributed by atoms with E-state index in [1.165, 1.54) is 6.42 Å². The fourth-order valence-electron chi connectivity index (χ4n) is 3.77.